The van der Waals surface area contributed by atoms with Gasteiger partial charge in [-0.05, 0) is 36.1 Å². The van der Waals surface area contributed by atoms with Gasteiger partial charge in [0.1, 0.15) is 11.6 Å². The van der Waals surface area contributed by atoms with Crippen LogP contribution in [0.15, 0.2) is 12.1 Å². The van der Waals surface area contributed by atoms with E-state index in [2.05, 4.69) is 0 Å². The van der Waals surface area contributed by atoms with Crippen LogP contribution in [0.4, 0.5) is 4.39 Å². The molecule has 0 unspecified atom stereocenters. The Morgan fingerprint density at radius 2 is 1.92 bits per heavy atom. The molecule has 1 aromatic rings. The fourth-order valence-electron chi connectivity index (χ4n) is 1.20. The van der Waals surface area contributed by atoms with Crippen LogP contribution in [-0.2, 0) is 0 Å². The molecule has 66 valence electrons. The first-order valence-electron chi connectivity index (χ1n) is 4.01. The van der Waals surface area contributed by atoms with Gasteiger partial charge in [-0.15, -0.1) is 0 Å². The van der Waals surface area contributed by atoms with E-state index in [0.717, 1.165) is 0 Å². The number of phenolic OH excluding ortho intramolecular Hbond substituents is 1. The van der Waals surface area contributed by atoms with Gasteiger partial charge < -0.3 is 5.11 Å². The maximum Gasteiger partial charge on any atom is 0.129 e. The van der Waals surface area contributed by atoms with E-state index >= 15 is 0 Å². The van der Waals surface area contributed by atoms with Crippen molar-refractivity contribution in [3.63, 3.8) is 0 Å². The van der Waals surface area contributed by atoms with Crippen molar-refractivity contribution in [2.45, 2.75) is 26.7 Å². The largest absolute Gasteiger partial charge is 0.508 e. The SMILES string of the molecule is Cc1cc(O)cc(C(C)C)c1F. The van der Waals surface area contributed by atoms with Gasteiger partial charge in [0.05, 0.1) is 0 Å². The highest BCUT2D eigenvalue weighted by Gasteiger charge is 2.10. The summed E-state index contributed by atoms with van der Waals surface area (Å²) >= 11 is 0. The summed E-state index contributed by atoms with van der Waals surface area (Å²) in [4.78, 5) is 0. The lowest BCUT2D eigenvalue weighted by molar-refractivity contribution is 0.469. The molecule has 1 rings (SSSR count). The molecule has 0 saturated heterocycles. The summed E-state index contributed by atoms with van der Waals surface area (Å²) in [5.74, 6) is 0.0381. The summed E-state index contributed by atoms with van der Waals surface area (Å²) in [5, 5.41) is 9.20. The molecule has 0 bridgehead atoms. The van der Waals surface area contributed by atoms with Gasteiger partial charge in [-0.25, -0.2) is 4.39 Å². The Morgan fingerprint density at radius 3 is 2.42 bits per heavy atom. The minimum Gasteiger partial charge on any atom is -0.508 e. The summed E-state index contributed by atoms with van der Waals surface area (Å²) in [6.45, 7) is 5.45. The normalized spacial score (nSPS) is 10.8. The molecule has 0 heterocycles. The number of phenols is 1. The molecular weight excluding hydrogens is 155 g/mol. The van der Waals surface area contributed by atoms with Crippen LogP contribution in [-0.4, -0.2) is 5.11 Å². The minimum atomic E-state index is -0.206. The molecule has 0 fully saturated rings. The first kappa shape index (κ1) is 9.04. The molecule has 0 aromatic heterocycles. The third kappa shape index (κ3) is 1.58. The Bertz CT molecular complexity index is 292. The lowest BCUT2D eigenvalue weighted by Crippen LogP contribution is -1.95. The number of aryl methyl sites for hydroxylation is 1. The Hall–Kier alpha value is -1.05. The van der Waals surface area contributed by atoms with Gasteiger partial charge in [0.2, 0.25) is 0 Å². The van der Waals surface area contributed by atoms with Crippen LogP contribution in [0.2, 0.25) is 0 Å². The van der Waals surface area contributed by atoms with Gasteiger partial charge in [0, 0.05) is 0 Å². The van der Waals surface area contributed by atoms with E-state index in [-0.39, 0.29) is 17.5 Å². The third-order valence-corrected chi connectivity index (χ3v) is 1.89. The van der Waals surface area contributed by atoms with Gasteiger partial charge in [0.25, 0.3) is 0 Å². The number of hydrogen-bond acceptors (Lipinski definition) is 1. The Balaban J connectivity index is 3.28. The summed E-state index contributed by atoms with van der Waals surface area (Å²) < 4.78 is 13.3. The van der Waals surface area contributed by atoms with Crippen molar-refractivity contribution >= 4 is 0 Å². The summed E-state index contributed by atoms with van der Waals surface area (Å²) in [6, 6.07) is 2.91. The smallest absolute Gasteiger partial charge is 0.129 e. The highest BCUT2D eigenvalue weighted by Crippen LogP contribution is 2.25. The molecular formula is C10H13FO. The van der Waals surface area contributed by atoms with Crippen molar-refractivity contribution in [2.24, 2.45) is 0 Å². The van der Waals surface area contributed by atoms with Crippen molar-refractivity contribution in [3.8, 4) is 5.75 Å². The summed E-state index contributed by atoms with van der Waals surface area (Å²) in [6.07, 6.45) is 0. The summed E-state index contributed by atoms with van der Waals surface area (Å²) in [5.41, 5.74) is 1.08. The van der Waals surface area contributed by atoms with Gasteiger partial charge in [-0.3, -0.25) is 0 Å². The van der Waals surface area contributed by atoms with E-state index in [1.165, 1.54) is 12.1 Å². The molecule has 1 aromatic carbocycles. The Labute approximate surface area is 71.9 Å². The third-order valence-electron chi connectivity index (χ3n) is 1.89. The minimum absolute atomic E-state index is 0.107. The quantitative estimate of drug-likeness (QED) is 0.683. The average molecular weight is 168 g/mol. The molecule has 2 heteroatoms. The second kappa shape index (κ2) is 3.13. The lowest BCUT2D eigenvalue weighted by Gasteiger charge is -2.09. The second-order valence-corrected chi connectivity index (χ2v) is 3.32. The van der Waals surface area contributed by atoms with Gasteiger partial charge in [-0.2, -0.15) is 0 Å². The molecule has 0 aliphatic rings. The monoisotopic (exact) mass is 168 g/mol. The van der Waals surface area contributed by atoms with E-state index < -0.39 is 0 Å². The van der Waals surface area contributed by atoms with Gasteiger partial charge in [-0.1, -0.05) is 13.8 Å². The van der Waals surface area contributed by atoms with Crippen LogP contribution >= 0.6 is 0 Å². The molecule has 0 spiro atoms. The molecule has 0 atom stereocenters. The highest BCUT2D eigenvalue weighted by atomic mass is 19.1. The molecule has 1 nitrogen and oxygen atoms in total. The summed E-state index contributed by atoms with van der Waals surface area (Å²) in [7, 11) is 0. The van der Waals surface area contributed by atoms with Crippen LogP contribution in [0.5, 0.6) is 5.75 Å². The van der Waals surface area contributed by atoms with E-state index in [4.69, 9.17) is 0 Å². The number of rotatable bonds is 1. The van der Waals surface area contributed by atoms with E-state index in [0.29, 0.717) is 11.1 Å². The van der Waals surface area contributed by atoms with E-state index in [1.54, 1.807) is 6.92 Å². The maximum atomic E-state index is 13.3. The number of hydrogen-bond donors (Lipinski definition) is 1. The van der Waals surface area contributed by atoms with Crippen LogP contribution in [0, 0.1) is 12.7 Å². The maximum absolute atomic E-state index is 13.3. The molecule has 1 N–H and O–H groups in total. The van der Waals surface area contributed by atoms with Crippen molar-refractivity contribution in [2.75, 3.05) is 0 Å². The predicted molar refractivity (Wildman–Crippen MR) is 46.9 cm³/mol. The van der Waals surface area contributed by atoms with Gasteiger partial charge >= 0.3 is 0 Å². The molecule has 0 amide bonds. The fraction of sp³-hybridized carbons (Fsp3) is 0.400. The lowest BCUT2D eigenvalue weighted by atomic mass is 10.00. The van der Waals surface area contributed by atoms with Gasteiger partial charge in [0.15, 0.2) is 0 Å². The van der Waals surface area contributed by atoms with E-state index in [1.807, 2.05) is 13.8 Å². The van der Waals surface area contributed by atoms with Crippen LogP contribution in [0.1, 0.15) is 30.9 Å². The van der Waals surface area contributed by atoms with Crippen molar-refractivity contribution in [3.05, 3.63) is 29.1 Å². The average Bonchev–Trinajstić information content (AvgIpc) is 1.96. The first-order chi connectivity index (χ1) is 5.52. The number of halogens is 1. The number of benzene rings is 1. The first-order valence-corrected chi connectivity index (χ1v) is 4.01. The van der Waals surface area contributed by atoms with Crippen molar-refractivity contribution in [1.29, 1.82) is 0 Å². The molecule has 0 aliphatic heterocycles. The zero-order valence-electron chi connectivity index (χ0n) is 7.56. The van der Waals surface area contributed by atoms with Crippen LogP contribution in [0.25, 0.3) is 0 Å². The fourth-order valence-corrected chi connectivity index (χ4v) is 1.20. The predicted octanol–water partition coefficient (Wildman–Crippen LogP) is 2.96. The Morgan fingerprint density at radius 1 is 1.33 bits per heavy atom. The standard InChI is InChI=1S/C10H13FO/c1-6(2)9-5-8(12)4-7(3)10(9)11/h4-6,12H,1-3H3. The van der Waals surface area contributed by atoms with Crippen LogP contribution in [0.3, 0.4) is 0 Å². The zero-order valence-corrected chi connectivity index (χ0v) is 7.56. The number of aromatic hydroxyl groups is 1. The van der Waals surface area contributed by atoms with Crippen molar-refractivity contribution in [1.82, 2.24) is 0 Å². The molecule has 0 radical (unpaired) electrons. The van der Waals surface area contributed by atoms with Crippen molar-refractivity contribution < 1.29 is 9.50 Å². The van der Waals surface area contributed by atoms with Crippen LogP contribution < -0.4 is 0 Å². The highest BCUT2D eigenvalue weighted by molar-refractivity contribution is 5.35. The zero-order chi connectivity index (χ0) is 9.30. The molecule has 0 saturated carbocycles. The molecule has 0 aliphatic carbocycles. The Kier molecular flexibility index (Phi) is 2.36. The topological polar surface area (TPSA) is 20.2 Å². The molecule has 12 heavy (non-hydrogen) atoms. The second-order valence-electron chi connectivity index (χ2n) is 3.32. The van der Waals surface area contributed by atoms with E-state index in [9.17, 15) is 9.50 Å².